The first-order valence-corrected chi connectivity index (χ1v) is 4.92. The van der Waals surface area contributed by atoms with Gasteiger partial charge in [0.05, 0.1) is 7.11 Å². The van der Waals surface area contributed by atoms with Crippen LogP contribution in [0.3, 0.4) is 0 Å². The lowest BCUT2D eigenvalue weighted by Gasteiger charge is -2.20. The van der Waals surface area contributed by atoms with Crippen LogP contribution in [0.4, 0.5) is 0 Å². The molecule has 73 valence electrons. The van der Waals surface area contributed by atoms with Crippen molar-refractivity contribution in [3.8, 4) is 0 Å². The fourth-order valence-electron chi connectivity index (χ4n) is 0.358. The molecule has 0 aliphatic carbocycles. The van der Waals surface area contributed by atoms with Gasteiger partial charge in [0.1, 0.15) is 0 Å². The van der Waals surface area contributed by atoms with Crippen LogP contribution in [0.15, 0.2) is 0 Å². The van der Waals surface area contributed by atoms with E-state index < -0.39 is 18.3 Å². The second kappa shape index (κ2) is 5.55. The number of methoxy groups -OCH3 is 1. The van der Waals surface area contributed by atoms with Gasteiger partial charge >= 0.3 is 8.25 Å². The molecule has 8 heteroatoms. The first kappa shape index (κ1) is 12.8. The summed E-state index contributed by atoms with van der Waals surface area (Å²) in [6.45, 7) is 0. The van der Waals surface area contributed by atoms with Gasteiger partial charge < -0.3 is 4.74 Å². The molecule has 0 spiro atoms. The molecular weight excluding hydrogens is 249 g/mol. The Bertz CT molecular complexity index is 159. The van der Waals surface area contributed by atoms with Gasteiger partial charge in [-0.25, -0.2) is 9.09 Å². The summed E-state index contributed by atoms with van der Waals surface area (Å²) in [7, 11) is 0.137. The van der Waals surface area contributed by atoms with Crippen LogP contribution in [-0.4, -0.2) is 24.3 Å². The molecule has 0 bridgehead atoms. The van der Waals surface area contributed by atoms with E-state index in [1.54, 1.807) is 0 Å². The van der Waals surface area contributed by atoms with Crippen molar-refractivity contribution >= 4 is 43.1 Å². The van der Waals surface area contributed by atoms with Gasteiger partial charge in [-0.2, -0.15) is 0 Å². The van der Waals surface area contributed by atoms with Gasteiger partial charge in [0.2, 0.25) is 10.1 Å². The van der Waals surface area contributed by atoms with Crippen molar-refractivity contribution in [3.63, 3.8) is 0 Å². The lowest BCUT2D eigenvalue weighted by molar-refractivity contribution is -0.0519. The van der Waals surface area contributed by atoms with E-state index in [2.05, 4.69) is 13.8 Å². The van der Waals surface area contributed by atoms with E-state index in [0.29, 0.717) is 0 Å². The zero-order valence-electron chi connectivity index (χ0n) is 6.29. The van der Waals surface area contributed by atoms with Crippen LogP contribution in [0.1, 0.15) is 0 Å². The van der Waals surface area contributed by atoms with Crippen molar-refractivity contribution in [2.45, 2.75) is 10.1 Å². The summed E-state index contributed by atoms with van der Waals surface area (Å²) in [5.41, 5.74) is 0. The molecule has 0 fully saturated rings. The Kier molecular flexibility index (Phi) is 5.95. The lowest BCUT2D eigenvalue weighted by atomic mass is 10.7. The number of halogens is 3. The van der Waals surface area contributed by atoms with E-state index in [1.807, 2.05) is 0 Å². The maximum absolute atomic E-state index is 10.7. The minimum atomic E-state index is -2.32. The van der Waals surface area contributed by atoms with Crippen molar-refractivity contribution in [2.75, 3.05) is 14.2 Å². The van der Waals surface area contributed by atoms with E-state index in [9.17, 15) is 4.57 Å². The molecule has 0 rings (SSSR count). The van der Waals surface area contributed by atoms with Crippen LogP contribution in [0.5, 0.6) is 0 Å². The molecule has 2 atom stereocenters. The van der Waals surface area contributed by atoms with Crippen molar-refractivity contribution in [1.82, 2.24) is 0 Å². The normalized spacial score (nSPS) is 15.9. The Morgan fingerprint density at radius 2 is 1.83 bits per heavy atom. The summed E-state index contributed by atoms with van der Waals surface area (Å²) in [5.74, 6) is 0. The van der Waals surface area contributed by atoms with Crippen LogP contribution in [0, 0.1) is 0 Å². The fraction of sp³-hybridized carbons (Fsp3) is 1.00. The van der Waals surface area contributed by atoms with Crippen LogP contribution >= 0.6 is 43.1 Å². The van der Waals surface area contributed by atoms with Crippen molar-refractivity contribution in [1.29, 1.82) is 0 Å². The second-order valence-corrected chi connectivity index (χ2v) is 5.01. The van der Waals surface area contributed by atoms with Gasteiger partial charge in [0.15, 0.2) is 0 Å². The molecule has 1 radical (unpaired) electrons. The first-order chi connectivity index (χ1) is 5.41. The Morgan fingerprint density at radius 1 is 1.33 bits per heavy atom. The van der Waals surface area contributed by atoms with Gasteiger partial charge in [0.25, 0.3) is 0 Å². The zero-order chi connectivity index (χ0) is 9.78. The molecule has 0 aliphatic rings. The molecule has 0 aromatic heterocycles. The maximum atomic E-state index is 10.7. The summed E-state index contributed by atoms with van der Waals surface area (Å²) in [5, 5.41) is 0. The van der Waals surface area contributed by atoms with Crippen molar-refractivity contribution < 1.29 is 18.3 Å². The third-order valence-electron chi connectivity index (χ3n) is 0.812. The van der Waals surface area contributed by atoms with Crippen LogP contribution in [0.25, 0.3) is 0 Å². The molecule has 0 aromatic rings. The van der Waals surface area contributed by atoms with Crippen molar-refractivity contribution in [3.05, 3.63) is 0 Å². The standard InChI is InChI=1S/C4H7Cl3O4P/c1-9-3(4(5,6)7)11-12(8)10-2/h3H,1-2H3. The number of ether oxygens (including phenoxy) is 1. The molecule has 12 heavy (non-hydrogen) atoms. The first-order valence-electron chi connectivity index (χ1n) is 2.69. The summed E-state index contributed by atoms with van der Waals surface area (Å²) in [6.07, 6.45) is -1.22. The molecular formula is C4H7Cl3O4P. The molecule has 0 aliphatic heterocycles. The van der Waals surface area contributed by atoms with Gasteiger partial charge in [-0.3, -0.25) is 4.52 Å². The monoisotopic (exact) mass is 255 g/mol. The Morgan fingerprint density at radius 3 is 2.08 bits per heavy atom. The van der Waals surface area contributed by atoms with E-state index in [0.717, 1.165) is 0 Å². The third-order valence-corrected chi connectivity index (χ3v) is 2.01. The average Bonchev–Trinajstić information content (AvgIpc) is 1.97. The number of alkyl halides is 3. The molecule has 4 nitrogen and oxygen atoms in total. The predicted octanol–water partition coefficient (Wildman–Crippen LogP) is 2.65. The molecule has 0 N–H and O–H groups in total. The van der Waals surface area contributed by atoms with Gasteiger partial charge in [-0.15, -0.1) is 0 Å². The second-order valence-electron chi connectivity index (χ2n) is 1.62. The third kappa shape index (κ3) is 4.77. The summed E-state index contributed by atoms with van der Waals surface area (Å²) in [6, 6.07) is 0. The highest BCUT2D eigenvalue weighted by Crippen LogP contribution is 2.38. The maximum Gasteiger partial charge on any atom is 0.371 e. The predicted molar refractivity (Wildman–Crippen MR) is 46.8 cm³/mol. The van der Waals surface area contributed by atoms with E-state index >= 15 is 0 Å². The number of hydrogen-bond acceptors (Lipinski definition) is 4. The number of hydrogen-bond donors (Lipinski definition) is 0. The summed E-state index contributed by atoms with van der Waals surface area (Å²) in [4.78, 5) is 0. The number of rotatable bonds is 4. The van der Waals surface area contributed by atoms with Gasteiger partial charge in [-0.05, 0) is 0 Å². The largest absolute Gasteiger partial charge is 0.371 e. The average molecular weight is 256 g/mol. The van der Waals surface area contributed by atoms with Crippen LogP contribution < -0.4 is 0 Å². The van der Waals surface area contributed by atoms with Crippen LogP contribution in [0.2, 0.25) is 0 Å². The van der Waals surface area contributed by atoms with Crippen molar-refractivity contribution in [2.24, 2.45) is 0 Å². The lowest BCUT2D eigenvalue weighted by Crippen LogP contribution is -2.28. The van der Waals surface area contributed by atoms with E-state index in [4.69, 9.17) is 34.8 Å². The molecule has 0 aromatic carbocycles. The smallest absolute Gasteiger partial charge is 0.351 e. The SMILES string of the molecule is COC(O[P](=O)OC)C(Cl)(Cl)Cl. The fourth-order valence-corrected chi connectivity index (χ4v) is 1.43. The van der Waals surface area contributed by atoms with Crippen LogP contribution in [-0.2, 0) is 18.3 Å². The van der Waals surface area contributed by atoms with E-state index in [-0.39, 0.29) is 0 Å². The molecule has 2 unspecified atom stereocenters. The quantitative estimate of drug-likeness (QED) is 0.441. The zero-order valence-corrected chi connectivity index (χ0v) is 9.45. The molecule has 0 saturated heterocycles. The topological polar surface area (TPSA) is 44.8 Å². The highest BCUT2D eigenvalue weighted by atomic mass is 35.6. The summed E-state index contributed by atoms with van der Waals surface area (Å²) >= 11 is 16.2. The van der Waals surface area contributed by atoms with Gasteiger partial charge in [0, 0.05) is 7.11 Å². The molecule has 0 amide bonds. The summed E-state index contributed by atoms with van der Waals surface area (Å²) < 4.78 is 22.4. The highest BCUT2D eigenvalue weighted by molar-refractivity contribution is 7.33. The molecule has 0 heterocycles. The highest BCUT2D eigenvalue weighted by Gasteiger charge is 2.35. The molecule has 0 saturated carbocycles. The minimum Gasteiger partial charge on any atom is -0.351 e. The Hall–Kier alpha value is 0.850. The minimum absolute atomic E-state index is 1.20. The Labute approximate surface area is 86.0 Å². The van der Waals surface area contributed by atoms with Gasteiger partial charge in [-0.1, -0.05) is 34.8 Å². The Balaban J connectivity index is 4.09. The van der Waals surface area contributed by atoms with E-state index in [1.165, 1.54) is 14.2 Å².